The molecule has 1 aromatic heterocycles. The van der Waals surface area contributed by atoms with Crippen LogP contribution in [-0.4, -0.2) is 34.8 Å². The van der Waals surface area contributed by atoms with Gasteiger partial charge < -0.3 is 9.47 Å². The van der Waals surface area contributed by atoms with Crippen LogP contribution in [0.3, 0.4) is 0 Å². The number of aliphatic imine (C=N–C) groups is 1. The first-order valence-electron chi connectivity index (χ1n) is 6.12. The van der Waals surface area contributed by atoms with Crippen molar-refractivity contribution in [2.45, 2.75) is 39.0 Å². The third-order valence-corrected chi connectivity index (χ3v) is 2.68. The van der Waals surface area contributed by atoms with Crippen molar-refractivity contribution in [2.75, 3.05) is 6.61 Å². The van der Waals surface area contributed by atoms with E-state index in [2.05, 4.69) is 17.0 Å². The number of aryl methyl sites for hydroxylation is 1. The van der Waals surface area contributed by atoms with Gasteiger partial charge >= 0.3 is 5.97 Å². The van der Waals surface area contributed by atoms with Crippen molar-refractivity contribution < 1.29 is 14.3 Å². The van der Waals surface area contributed by atoms with E-state index < -0.39 is 12.1 Å². The third-order valence-electron chi connectivity index (χ3n) is 2.68. The van der Waals surface area contributed by atoms with E-state index in [1.165, 1.54) is 6.40 Å². The van der Waals surface area contributed by atoms with Crippen LogP contribution in [0.15, 0.2) is 17.4 Å². The minimum atomic E-state index is -0.621. The van der Waals surface area contributed by atoms with Gasteiger partial charge in [-0.25, -0.2) is 9.79 Å². The molecule has 2 heterocycles. The van der Waals surface area contributed by atoms with Gasteiger partial charge in [-0.1, -0.05) is 6.92 Å². The minimum absolute atomic E-state index is 0.340. The van der Waals surface area contributed by atoms with Crippen LogP contribution in [0, 0.1) is 0 Å². The van der Waals surface area contributed by atoms with Crippen molar-refractivity contribution in [1.82, 2.24) is 9.78 Å². The summed E-state index contributed by atoms with van der Waals surface area (Å²) in [5, 5.41) is 4.22. The zero-order chi connectivity index (χ0) is 13.0. The van der Waals surface area contributed by atoms with E-state index in [9.17, 15) is 4.79 Å². The van der Waals surface area contributed by atoms with Crippen LogP contribution in [0.2, 0.25) is 0 Å². The number of hydrogen-bond donors (Lipinski definition) is 0. The Morgan fingerprint density at radius 2 is 2.39 bits per heavy atom. The van der Waals surface area contributed by atoms with Gasteiger partial charge in [0, 0.05) is 18.3 Å². The van der Waals surface area contributed by atoms with E-state index in [1.54, 1.807) is 13.1 Å². The molecule has 0 fully saturated rings. The Balaban J connectivity index is 2.09. The number of hydrogen-bond acceptors (Lipinski definition) is 5. The number of carbonyl (C=O) groups excluding carboxylic acids is 1. The Hall–Kier alpha value is -1.85. The van der Waals surface area contributed by atoms with Crippen LogP contribution in [0.5, 0.6) is 0 Å². The maximum absolute atomic E-state index is 11.7. The summed E-state index contributed by atoms with van der Waals surface area (Å²) in [7, 11) is 0. The van der Waals surface area contributed by atoms with Crippen LogP contribution in [0.25, 0.3) is 0 Å². The van der Waals surface area contributed by atoms with Gasteiger partial charge in [-0.2, -0.15) is 5.10 Å². The fourth-order valence-electron chi connectivity index (χ4n) is 1.87. The highest BCUT2D eigenvalue weighted by Gasteiger charge is 2.35. The van der Waals surface area contributed by atoms with E-state index >= 15 is 0 Å². The first kappa shape index (κ1) is 12.6. The molecule has 2 unspecified atom stereocenters. The first-order chi connectivity index (χ1) is 8.76. The van der Waals surface area contributed by atoms with Gasteiger partial charge in [0.25, 0.3) is 0 Å². The largest absolute Gasteiger partial charge is 0.473 e. The summed E-state index contributed by atoms with van der Waals surface area (Å²) in [5.41, 5.74) is 0.846. The molecule has 0 aliphatic carbocycles. The lowest BCUT2D eigenvalue weighted by atomic mass is 10.1. The molecular formula is C12H17N3O3. The summed E-state index contributed by atoms with van der Waals surface area (Å²) < 4.78 is 12.2. The number of nitrogens with zero attached hydrogens (tertiary/aromatic N) is 3. The van der Waals surface area contributed by atoms with E-state index in [4.69, 9.17) is 9.47 Å². The Bertz CT molecular complexity index is 442. The molecule has 0 amide bonds. The second-order valence-electron chi connectivity index (χ2n) is 4.04. The fraction of sp³-hybridized carbons (Fsp3) is 0.583. The zero-order valence-corrected chi connectivity index (χ0v) is 10.6. The molecule has 0 bridgehead atoms. The zero-order valence-electron chi connectivity index (χ0n) is 10.6. The lowest BCUT2D eigenvalue weighted by molar-refractivity contribution is -0.146. The molecule has 0 radical (unpaired) electrons. The summed E-state index contributed by atoms with van der Waals surface area (Å²) >= 11 is 0. The average Bonchev–Trinajstić information content (AvgIpc) is 2.96. The molecule has 98 valence electrons. The van der Waals surface area contributed by atoms with Crippen molar-refractivity contribution in [2.24, 2.45) is 4.99 Å². The summed E-state index contributed by atoms with van der Waals surface area (Å²) in [5.74, 6) is -0.362. The molecule has 1 aromatic rings. The van der Waals surface area contributed by atoms with Crippen LogP contribution in [0.4, 0.5) is 0 Å². The van der Waals surface area contributed by atoms with Gasteiger partial charge in [0.1, 0.15) is 0 Å². The molecule has 18 heavy (non-hydrogen) atoms. The molecular weight excluding hydrogens is 234 g/mol. The molecule has 0 saturated heterocycles. The highest BCUT2D eigenvalue weighted by molar-refractivity contribution is 5.80. The van der Waals surface area contributed by atoms with E-state index in [0.29, 0.717) is 6.61 Å². The van der Waals surface area contributed by atoms with Gasteiger partial charge in [0.05, 0.1) is 12.8 Å². The van der Waals surface area contributed by atoms with Crippen molar-refractivity contribution in [3.8, 4) is 0 Å². The van der Waals surface area contributed by atoms with Gasteiger partial charge in [-0.15, -0.1) is 0 Å². The maximum Gasteiger partial charge on any atom is 0.335 e. The van der Waals surface area contributed by atoms with Crippen LogP contribution in [-0.2, 0) is 20.8 Å². The average molecular weight is 251 g/mol. The monoisotopic (exact) mass is 251 g/mol. The standard InChI is InChI=1S/C12H17N3O3/c1-3-5-15-7-9(6-14-15)11-10(13-8-18-11)12(16)17-4-2/h6-8,10-11H,3-5H2,1-2H3. The molecule has 0 aromatic carbocycles. The molecule has 0 N–H and O–H groups in total. The molecule has 1 aliphatic rings. The molecule has 2 atom stereocenters. The lowest BCUT2D eigenvalue weighted by Crippen LogP contribution is -2.26. The second kappa shape index (κ2) is 5.66. The van der Waals surface area contributed by atoms with Gasteiger partial charge in [-0.3, -0.25) is 4.68 Å². The van der Waals surface area contributed by atoms with Gasteiger partial charge in [0.15, 0.2) is 18.5 Å². The Labute approximate surface area is 106 Å². The lowest BCUT2D eigenvalue weighted by Gasteiger charge is -2.14. The number of esters is 1. The Morgan fingerprint density at radius 3 is 3.11 bits per heavy atom. The predicted molar refractivity (Wildman–Crippen MR) is 65.3 cm³/mol. The normalized spacial score (nSPS) is 21.9. The Kier molecular flexibility index (Phi) is 3.96. The van der Waals surface area contributed by atoms with Gasteiger partial charge in [-0.05, 0) is 13.3 Å². The molecule has 0 spiro atoms. The van der Waals surface area contributed by atoms with Crippen LogP contribution < -0.4 is 0 Å². The van der Waals surface area contributed by atoms with Crippen molar-refractivity contribution in [1.29, 1.82) is 0 Å². The van der Waals surface area contributed by atoms with Crippen LogP contribution >= 0.6 is 0 Å². The molecule has 1 aliphatic heterocycles. The third kappa shape index (κ3) is 2.52. The van der Waals surface area contributed by atoms with Crippen LogP contribution in [0.1, 0.15) is 31.9 Å². The first-order valence-corrected chi connectivity index (χ1v) is 6.12. The predicted octanol–water partition coefficient (Wildman–Crippen LogP) is 1.32. The smallest absolute Gasteiger partial charge is 0.335 e. The van der Waals surface area contributed by atoms with E-state index in [1.807, 2.05) is 10.9 Å². The number of aromatic nitrogens is 2. The molecule has 0 saturated carbocycles. The number of ether oxygens (including phenoxy) is 2. The summed E-state index contributed by atoms with van der Waals surface area (Å²) in [6.45, 7) is 5.04. The number of rotatable bonds is 5. The molecule has 2 rings (SSSR count). The summed E-state index contributed by atoms with van der Waals surface area (Å²) in [6.07, 6.45) is 5.49. The highest BCUT2D eigenvalue weighted by atomic mass is 16.5. The summed E-state index contributed by atoms with van der Waals surface area (Å²) in [6, 6.07) is -0.621. The maximum atomic E-state index is 11.7. The highest BCUT2D eigenvalue weighted by Crippen LogP contribution is 2.27. The molecule has 6 heteroatoms. The topological polar surface area (TPSA) is 65.7 Å². The van der Waals surface area contributed by atoms with Crippen molar-refractivity contribution in [3.05, 3.63) is 18.0 Å². The minimum Gasteiger partial charge on any atom is -0.473 e. The number of carbonyl (C=O) groups is 1. The van der Waals surface area contributed by atoms with Gasteiger partial charge in [0.2, 0.25) is 0 Å². The quantitative estimate of drug-likeness (QED) is 0.740. The van der Waals surface area contributed by atoms with E-state index in [-0.39, 0.29) is 5.97 Å². The SMILES string of the molecule is CCCn1cc(C2OC=NC2C(=O)OCC)cn1. The second-order valence-corrected chi connectivity index (χ2v) is 4.04. The van der Waals surface area contributed by atoms with Crippen molar-refractivity contribution in [3.63, 3.8) is 0 Å². The molecule has 6 nitrogen and oxygen atoms in total. The summed E-state index contributed by atoms with van der Waals surface area (Å²) in [4.78, 5) is 15.7. The van der Waals surface area contributed by atoms with E-state index in [0.717, 1.165) is 18.5 Å². The Morgan fingerprint density at radius 1 is 1.56 bits per heavy atom. The fourth-order valence-corrected chi connectivity index (χ4v) is 1.87. The van der Waals surface area contributed by atoms with Crippen molar-refractivity contribution >= 4 is 12.4 Å².